The summed E-state index contributed by atoms with van der Waals surface area (Å²) in [7, 11) is 0. The molecule has 26 heavy (non-hydrogen) atoms. The first-order valence-electron chi connectivity index (χ1n) is 8.43. The van der Waals surface area contributed by atoms with Crippen LogP contribution < -0.4 is 14.8 Å². The predicted octanol–water partition coefficient (Wildman–Crippen LogP) is 2.90. The minimum absolute atomic E-state index is 0.0716. The summed E-state index contributed by atoms with van der Waals surface area (Å²) in [6, 6.07) is 8.55. The van der Waals surface area contributed by atoms with Crippen molar-refractivity contribution >= 4 is 11.9 Å². The van der Waals surface area contributed by atoms with Gasteiger partial charge in [-0.05, 0) is 42.2 Å². The van der Waals surface area contributed by atoms with Gasteiger partial charge >= 0.3 is 5.97 Å². The maximum Gasteiger partial charge on any atom is 0.374 e. The summed E-state index contributed by atoms with van der Waals surface area (Å²) in [6.45, 7) is 4.41. The van der Waals surface area contributed by atoms with E-state index in [0.29, 0.717) is 24.5 Å². The molecule has 2 heterocycles. The van der Waals surface area contributed by atoms with Crippen molar-refractivity contribution in [2.75, 3.05) is 6.79 Å². The maximum atomic E-state index is 12.5. The van der Waals surface area contributed by atoms with Gasteiger partial charge in [0.05, 0.1) is 6.26 Å². The van der Waals surface area contributed by atoms with Crippen molar-refractivity contribution in [3.8, 4) is 11.5 Å². The molecule has 0 bridgehead atoms. The fourth-order valence-electron chi connectivity index (χ4n) is 2.57. The van der Waals surface area contributed by atoms with E-state index in [1.54, 1.807) is 12.1 Å². The second-order valence-corrected chi connectivity index (χ2v) is 6.41. The second-order valence-electron chi connectivity index (χ2n) is 6.41. The van der Waals surface area contributed by atoms with Crippen molar-refractivity contribution in [2.24, 2.45) is 5.92 Å². The van der Waals surface area contributed by atoms with Crippen LogP contribution in [0.5, 0.6) is 11.5 Å². The number of amides is 1. The van der Waals surface area contributed by atoms with Crippen LogP contribution in [0.1, 0.15) is 36.4 Å². The second kappa shape index (κ2) is 7.95. The molecule has 7 nitrogen and oxygen atoms in total. The summed E-state index contributed by atoms with van der Waals surface area (Å²) in [6.07, 6.45) is 0.911. The van der Waals surface area contributed by atoms with Gasteiger partial charge in [0.2, 0.25) is 12.6 Å². The average molecular weight is 359 g/mol. The lowest BCUT2D eigenvalue weighted by molar-refractivity contribution is -0.131. The van der Waals surface area contributed by atoms with Crippen LogP contribution >= 0.6 is 0 Å². The van der Waals surface area contributed by atoms with Gasteiger partial charge in [-0.1, -0.05) is 19.9 Å². The van der Waals surface area contributed by atoms with Crippen molar-refractivity contribution in [1.29, 1.82) is 0 Å². The van der Waals surface area contributed by atoms with E-state index in [1.165, 1.54) is 12.3 Å². The molecule has 0 fully saturated rings. The van der Waals surface area contributed by atoms with Gasteiger partial charge in [-0.15, -0.1) is 0 Å². The zero-order valence-corrected chi connectivity index (χ0v) is 14.7. The quantitative estimate of drug-likeness (QED) is 0.765. The van der Waals surface area contributed by atoms with Crippen LogP contribution in [-0.4, -0.2) is 24.8 Å². The molecule has 0 radical (unpaired) electrons. The highest BCUT2D eigenvalue weighted by atomic mass is 16.7. The summed E-state index contributed by atoms with van der Waals surface area (Å²) < 4.78 is 21.0. The highest BCUT2D eigenvalue weighted by Crippen LogP contribution is 2.32. The SMILES string of the molecule is CC(C)C[C@H](OC(=O)c1ccco1)C(=O)NCc1ccc2c(c1)OCO2. The molecule has 138 valence electrons. The van der Waals surface area contributed by atoms with E-state index < -0.39 is 12.1 Å². The van der Waals surface area contributed by atoms with Crippen LogP contribution in [0.4, 0.5) is 0 Å². The first-order chi connectivity index (χ1) is 12.5. The third-order valence-electron chi connectivity index (χ3n) is 3.85. The molecule has 7 heteroatoms. The largest absolute Gasteiger partial charge is 0.457 e. The summed E-state index contributed by atoms with van der Waals surface area (Å²) in [5, 5.41) is 2.80. The van der Waals surface area contributed by atoms with Crippen molar-refractivity contribution in [1.82, 2.24) is 5.32 Å². The van der Waals surface area contributed by atoms with Crippen LogP contribution in [0.2, 0.25) is 0 Å². The van der Waals surface area contributed by atoms with E-state index in [2.05, 4.69) is 5.32 Å². The normalized spacial score (nSPS) is 13.5. The first-order valence-corrected chi connectivity index (χ1v) is 8.43. The van der Waals surface area contributed by atoms with Crippen LogP contribution in [0, 0.1) is 5.92 Å². The summed E-state index contributed by atoms with van der Waals surface area (Å²) in [5.74, 6) is 0.586. The van der Waals surface area contributed by atoms with Gasteiger partial charge in [-0.25, -0.2) is 4.79 Å². The zero-order valence-electron chi connectivity index (χ0n) is 14.7. The standard InChI is InChI=1S/C19H21NO6/c1-12(2)8-17(26-19(22)15-4-3-7-23-15)18(21)20-10-13-5-6-14-16(9-13)25-11-24-14/h3-7,9,12,17H,8,10-11H2,1-2H3,(H,20,21)/t17-/m0/s1. The smallest absolute Gasteiger partial charge is 0.374 e. The molecule has 2 aromatic rings. The summed E-state index contributed by atoms with van der Waals surface area (Å²) in [4.78, 5) is 24.6. The van der Waals surface area contributed by atoms with Crippen LogP contribution in [0.3, 0.4) is 0 Å². The molecule has 0 saturated heterocycles. The highest BCUT2D eigenvalue weighted by molar-refractivity contribution is 5.90. The van der Waals surface area contributed by atoms with Gasteiger partial charge in [-0.2, -0.15) is 0 Å². The molecule has 0 unspecified atom stereocenters. The molecule has 3 rings (SSSR count). The van der Waals surface area contributed by atoms with Crippen molar-refractivity contribution in [2.45, 2.75) is 32.9 Å². The number of esters is 1. The minimum Gasteiger partial charge on any atom is -0.457 e. The Morgan fingerprint density at radius 2 is 2.00 bits per heavy atom. The van der Waals surface area contributed by atoms with Gasteiger partial charge < -0.3 is 23.9 Å². The third-order valence-corrected chi connectivity index (χ3v) is 3.85. The topological polar surface area (TPSA) is 87.0 Å². The Labute approximate surface area is 151 Å². The number of nitrogens with one attached hydrogen (secondary N) is 1. The molecule has 1 atom stereocenters. The van der Waals surface area contributed by atoms with Crippen LogP contribution in [-0.2, 0) is 16.1 Å². The minimum atomic E-state index is -0.887. The monoisotopic (exact) mass is 359 g/mol. The number of hydrogen-bond donors (Lipinski definition) is 1. The molecule has 1 aromatic carbocycles. The molecule has 0 aliphatic carbocycles. The Bertz CT molecular complexity index is 768. The Morgan fingerprint density at radius 1 is 1.19 bits per heavy atom. The summed E-state index contributed by atoms with van der Waals surface area (Å²) >= 11 is 0. The predicted molar refractivity (Wildman–Crippen MR) is 91.8 cm³/mol. The van der Waals surface area contributed by atoms with Gasteiger partial charge in [-0.3, -0.25) is 4.79 Å². The molecule has 0 saturated carbocycles. The first kappa shape index (κ1) is 17.8. The van der Waals surface area contributed by atoms with Crippen molar-refractivity contribution < 1.29 is 28.2 Å². The lowest BCUT2D eigenvalue weighted by atomic mass is 10.1. The Balaban J connectivity index is 1.60. The Hall–Kier alpha value is -2.96. The van der Waals surface area contributed by atoms with E-state index in [1.807, 2.05) is 26.0 Å². The van der Waals surface area contributed by atoms with Crippen LogP contribution in [0.15, 0.2) is 41.0 Å². The van der Waals surface area contributed by atoms with E-state index >= 15 is 0 Å². The fraction of sp³-hybridized carbons (Fsp3) is 0.368. The third kappa shape index (κ3) is 4.36. The molecule has 1 amide bonds. The number of carbonyl (C=O) groups excluding carboxylic acids is 2. The number of furan rings is 1. The maximum absolute atomic E-state index is 12.5. The van der Waals surface area contributed by atoms with E-state index in [0.717, 1.165) is 5.56 Å². The zero-order chi connectivity index (χ0) is 18.5. The van der Waals surface area contributed by atoms with Gasteiger partial charge in [0, 0.05) is 6.54 Å². The number of rotatable bonds is 7. The lowest BCUT2D eigenvalue weighted by Crippen LogP contribution is -2.38. The molecular weight excluding hydrogens is 338 g/mol. The molecule has 1 N–H and O–H groups in total. The van der Waals surface area contributed by atoms with Gasteiger partial charge in [0.15, 0.2) is 17.6 Å². The highest BCUT2D eigenvalue weighted by Gasteiger charge is 2.26. The van der Waals surface area contributed by atoms with Crippen LogP contribution in [0.25, 0.3) is 0 Å². The van der Waals surface area contributed by atoms with E-state index in [9.17, 15) is 9.59 Å². The summed E-state index contributed by atoms with van der Waals surface area (Å²) in [5.41, 5.74) is 0.864. The number of benzene rings is 1. The van der Waals surface area contributed by atoms with E-state index in [-0.39, 0.29) is 24.4 Å². The van der Waals surface area contributed by atoms with Gasteiger partial charge in [0.1, 0.15) is 0 Å². The number of carbonyl (C=O) groups is 2. The van der Waals surface area contributed by atoms with E-state index in [4.69, 9.17) is 18.6 Å². The Morgan fingerprint density at radius 3 is 2.73 bits per heavy atom. The van der Waals surface area contributed by atoms with Crippen molar-refractivity contribution in [3.63, 3.8) is 0 Å². The molecule has 1 aliphatic heterocycles. The Kier molecular flexibility index (Phi) is 5.46. The van der Waals surface area contributed by atoms with Gasteiger partial charge in [0.25, 0.3) is 5.91 Å². The molecular formula is C19H21NO6. The number of fused-ring (bicyclic) bond motifs is 1. The number of hydrogen-bond acceptors (Lipinski definition) is 6. The molecule has 0 spiro atoms. The average Bonchev–Trinajstić information content (AvgIpc) is 3.29. The molecule has 1 aromatic heterocycles. The molecule has 1 aliphatic rings. The lowest BCUT2D eigenvalue weighted by Gasteiger charge is -2.19. The van der Waals surface area contributed by atoms with Crippen molar-refractivity contribution in [3.05, 3.63) is 47.9 Å². The number of ether oxygens (including phenoxy) is 3. The fourth-order valence-corrected chi connectivity index (χ4v) is 2.57.